The van der Waals surface area contributed by atoms with E-state index in [2.05, 4.69) is 36.5 Å². The first-order chi connectivity index (χ1) is 15.1. The van der Waals surface area contributed by atoms with Crippen LogP contribution < -0.4 is 5.32 Å². The highest BCUT2D eigenvalue weighted by atomic mass is 16.2. The van der Waals surface area contributed by atoms with Gasteiger partial charge in [0.15, 0.2) is 5.82 Å². The number of hydrogen-bond donors (Lipinski definition) is 3. The van der Waals surface area contributed by atoms with Crippen LogP contribution in [0.5, 0.6) is 0 Å². The molecule has 150 valence electrons. The number of carbonyl (C=O) groups excluding carboxylic acids is 1. The monoisotopic (exact) mass is 407 g/mol. The number of rotatable bonds is 4. The Morgan fingerprint density at radius 1 is 1.13 bits per heavy atom. The van der Waals surface area contributed by atoms with Gasteiger partial charge in [-0.3, -0.25) is 14.9 Å². The Balaban J connectivity index is 1.45. The number of pyridine rings is 1. The van der Waals surface area contributed by atoms with Gasteiger partial charge in [-0.2, -0.15) is 10.4 Å². The lowest BCUT2D eigenvalue weighted by Gasteiger charge is -2.13. The van der Waals surface area contributed by atoms with Crippen molar-refractivity contribution >= 4 is 27.8 Å². The van der Waals surface area contributed by atoms with Crippen LogP contribution in [-0.4, -0.2) is 31.1 Å². The number of carbonyl (C=O) groups is 1. The highest BCUT2D eigenvalue weighted by Gasteiger charge is 2.17. The Hall–Kier alpha value is -4.51. The smallest absolute Gasteiger partial charge is 0.287 e. The second-order valence-electron chi connectivity index (χ2n) is 7.24. The molecule has 5 rings (SSSR count). The lowest BCUT2D eigenvalue weighted by atomic mass is 10.1. The maximum atomic E-state index is 12.8. The highest BCUT2D eigenvalue weighted by molar-refractivity contribution is 6.02. The molecular formula is C23H17N7O. The Kier molecular flexibility index (Phi) is 4.41. The third-order valence-electron chi connectivity index (χ3n) is 5.20. The average Bonchev–Trinajstić information content (AvgIpc) is 3.41. The van der Waals surface area contributed by atoms with Crippen LogP contribution in [0.25, 0.3) is 33.2 Å². The van der Waals surface area contributed by atoms with Crippen LogP contribution in [0.2, 0.25) is 0 Å². The fourth-order valence-corrected chi connectivity index (χ4v) is 3.58. The summed E-state index contributed by atoms with van der Waals surface area (Å²) in [6.07, 6.45) is 3.44. The summed E-state index contributed by atoms with van der Waals surface area (Å²) in [6, 6.07) is 16.6. The molecule has 0 saturated carbocycles. The molecule has 0 bridgehead atoms. The van der Waals surface area contributed by atoms with Gasteiger partial charge in [-0.25, -0.2) is 4.98 Å². The maximum Gasteiger partial charge on any atom is 0.287 e. The van der Waals surface area contributed by atoms with E-state index < -0.39 is 0 Å². The van der Waals surface area contributed by atoms with Crippen LogP contribution >= 0.6 is 0 Å². The maximum absolute atomic E-state index is 12.8. The van der Waals surface area contributed by atoms with Gasteiger partial charge < -0.3 is 10.3 Å². The Morgan fingerprint density at radius 2 is 1.97 bits per heavy atom. The molecule has 0 fully saturated rings. The molecule has 1 amide bonds. The van der Waals surface area contributed by atoms with Gasteiger partial charge in [0.25, 0.3) is 5.91 Å². The number of H-pyrrole nitrogens is 2. The molecule has 0 aliphatic carbocycles. The van der Waals surface area contributed by atoms with Crippen molar-refractivity contribution in [2.45, 2.75) is 13.0 Å². The molecule has 31 heavy (non-hydrogen) atoms. The molecule has 3 aromatic heterocycles. The summed E-state index contributed by atoms with van der Waals surface area (Å²) in [6.45, 7) is 1.87. The van der Waals surface area contributed by atoms with Gasteiger partial charge in [0.2, 0.25) is 0 Å². The first-order valence-electron chi connectivity index (χ1n) is 9.71. The van der Waals surface area contributed by atoms with Gasteiger partial charge in [0.05, 0.1) is 34.2 Å². The zero-order valence-corrected chi connectivity index (χ0v) is 16.5. The average molecular weight is 407 g/mol. The molecule has 8 heteroatoms. The van der Waals surface area contributed by atoms with E-state index in [0.29, 0.717) is 11.1 Å². The van der Waals surface area contributed by atoms with Crippen LogP contribution in [0.1, 0.15) is 34.7 Å². The molecule has 8 nitrogen and oxygen atoms in total. The fourth-order valence-electron chi connectivity index (χ4n) is 3.58. The van der Waals surface area contributed by atoms with Crippen LogP contribution in [-0.2, 0) is 0 Å². The first kappa shape index (κ1) is 18.5. The third kappa shape index (κ3) is 3.38. The number of nitrogens with zero attached hydrogens (tertiary/aromatic N) is 4. The third-order valence-corrected chi connectivity index (χ3v) is 5.20. The Labute approximate surface area is 177 Å². The second-order valence-corrected chi connectivity index (χ2v) is 7.24. The number of nitriles is 1. The summed E-state index contributed by atoms with van der Waals surface area (Å²) in [7, 11) is 0. The van der Waals surface area contributed by atoms with Gasteiger partial charge in [-0.1, -0.05) is 12.1 Å². The summed E-state index contributed by atoms with van der Waals surface area (Å²) < 4.78 is 0. The SMILES string of the molecule is CC(NC(=O)c1nc2cc3c(-c4ccncc4)n[nH]c3cc2[nH]1)c1cccc(C#N)c1. The number of aromatic nitrogens is 5. The molecule has 0 radical (unpaired) electrons. The lowest BCUT2D eigenvalue weighted by molar-refractivity contribution is 0.0930. The number of fused-ring (bicyclic) bond motifs is 2. The second kappa shape index (κ2) is 7.39. The Morgan fingerprint density at radius 3 is 2.77 bits per heavy atom. The lowest BCUT2D eigenvalue weighted by Crippen LogP contribution is -2.27. The van der Waals surface area contributed by atoms with Gasteiger partial charge >= 0.3 is 0 Å². The van der Waals surface area contributed by atoms with E-state index >= 15 is 0 Å². The van der Waals surface area contributed by atoms with E-state index in [1.807, 2.05) is 37.3 Å². The van der Waals surface area contributed by atoms with Crippen LogP contribution in [0, 0.1) is 11.3 Å². The standard InChI is InChI=1S/C23H17N7O/c1-13(16-4-2-3-14(9-16)12-24)26-23(31)22-27-19-10-17-18(11-20(19)28-22)29-30-21(17)15-5-7-25-8-6-15/h2-11,13H,1H3,(H,26,31)(H,27,28)(H,29,30). The van der Waals surface area contributed by atoms with Crippen molar-refractivity contribution in [1.29, 1.82) is 5.26 Å². The number of imidazole rings is 1. The van der Waals surface area contributed by atoms with E-state index in [1.165, 1.54) is 0 Å². The topological polar surface area (TPSA) is 123 Å². The van der Waals surface area contributed by atoms with Crippen molar-refractivity contribution in [3.05, 3.63) is 77.9 Å². The van der Waals surface area contributed by atoms with E-state index in [1.54, 1.807) is 30.6 Å². The Bertz CT molecular complexity index is 1460. The minimum absolute atomic E-state index is 0.226. The normalized spacial score (nSPS) is 12.0. The van der Waals surface area contributed by atoms with Crippen molar-refractivity contribution in [2.75, 3.05) is 0 Å². The molecule has 2 aromatic carbocycles. The van der Waals surface area contributed by atoms with Crippen molar-refractivity contribution in [3.63, 3.8) is 0 Å². The van der Waals surface area contributed by atoms with E-state index in [0.717, 1.165) is 33.2 Å². The zero-order chi connectivity index (χ0) is 21.4. The van der Waals surface area contributed by atoms with Gasteiger partial charge in [0.1, 0.15) is 5.69 Å². The van der Waals surface area contributed by atoms with Gasteiger partial charge in [0, 0.05) is 23.3 Å². The molecule has 3 heterocycles. The largest absolute Gasteiger partial charge is 0.343 e. The molecular weight excluding hydrogens is 390 g/mol. The van der Waals surface area contributed by atoms with E-state index in [9.17, 15) is 4.79 Å². The summed E-state index contributed by atoms with van der Waals surface area (Å²) in [5, 5.41) is 20.4. The van der Waals surface area contributed by atoms with Crippen molar-refractivity contribution in [2.24, 2.45) is 0 Å². The predicted molar refractivity (Wildman–Crippen MR) is 116 cm³/mol. The van der Waals surface area contributed by atoms with Gasteiger partial charge in [-0.05, 0) is 48.9 Å². The van der Waals surface area contributed by atoms with Crippen LogP contribution in [0.3, 0.4) is 0 Å². The molecule has 5 aromatic rings. The van der Waals surface area contributed by atoms with Gasteiger partial charge in [-0.15, -0.1) is 0 Å². The minimum Gasteiger partial charge on any atom is -0.343 e. The number of hydrogen-bond acceptors (Lipinski definition) is 5. The van der Waals surface area contributed by atoms with Crippen molar-refractivity contribution < 1.29 is 4.79 Å². The number of amides is 1. The van der Waals surface area contributed by atoms with Crippen LogP contribution in [0.4, 0.5) is 0 Å². The summed E-state index contributed by atoms with van der Waals surface area (Å²) in [5.74, 6) is -0.0911. The quantitative estimate of drug-likeness (QED) is 0.417. The molecule has 0 aliphatic heterocycles. The molecule has 3 N–H and O–H groups in total. The number of benzene rings is 2. The highest BCUT2D eigenvalue weighted by Crippen LogP contribution is 2.29. The molecule has 0 spiro atoms. The number of aromatic amines is 2. The van der Waals surface area contributed by atoms with Crippen LogP contribution in [0.15, 0.2) is 60.9 Å². The summed E-state index contributed by atoms with van der Waals surface area (Å²) in [5.41, 5.74) is 5.41. The minimum atomic E-state index is -0.317. The zero-order valence-electron chi connectivity index (χ0n) is 16.5. The molecule has 0 aliphatic rings. The van der Waals surface area contributed by atoms with Crippen molar-refractivity contribution in [1.82, 2.24) is 30.5 Å². The molecule has 1 atom stereocenters. The predicted octanol–water partition coefficient (Wildman–Crippen LogP) is 3.86. The summed E-state index contributed by atoms with van der Waals surface area (Å²) >= 11 is 0. The molecule has 1 unspecified atom stereocenters. The van der Waals surface area contributed by atoms with E-state index in [-0.39, 0.29) is 17.8 Å². The van der Waals surface area contributed by atoms with E-state index in [4.69, 9.17) is 5.26 Å². The fraction of sp³-hybridized carbons (Fsp3) is 0.0870. The number of nitrogens with one attached hydrogen (secondary N) is 3. The van der Waals surface area contributed by atoms with Crippen molar-refractivity contribution in [3.8, 4) is 17.3 Å². The summed E-state index contributed by atoms with van der Waals surface area (Å²) in [4.78, 5) is 24.4. The first-order valence-corrected chi connectivity index (χ1v) is 9.71. The molecule has 0 saturated heterocycles.